The normalized spacial score (nSPS) is 11.3. The molecule has 0 bridgehead atoms. The molecule has 112 valence electrons. The van der Waals surface area contributed by atoms with E-state index in [9.17, 15) is 13.2 Å². The van der Waals surface area contributed by atoms with Gasteiger partial charge in [0, 0.05) is 4.47 Å². The van der Waals surface area contributed by atoms with Crippen LogP contribution in [0.3, 0.4) is 0 Å². The van der Waals surface area contributed by atoms with E-state index >= 15 is 0 Å². The van der Waals surface area contributed by atoms with Crippen molar-refractivity contribution in [2.75, 3.05) is 0 Å². The second-order valence-corrected chi connectivity index (χ2v) is 5.31. The van der Waals surface area contributed by atoms with Crippen molar-refractivity contribution in [3.05, 3.63) is 58.1 Å². The van der Waals surface area contributed by atoms with Gasteiger partial charge < -0.3 is 9.47 Å². The van der Waals surface area contributed by atoms with Gasteiger partial charge in [0.2, 0.25) is 0 Å². The summed E-state index contributed by atoms with van der Waals surface area (Å²) in [7, 11) is 0. The molecule has 0 aliphatic carbocycles. The van der Waals surface area contributed by atoms with Crippen LogP contribution in [0.15, 0.2) is 46.9 Å². The van der Waals surface area contributed by atoms with E-state index in [4.69, 9.17) is 4.74 Å². The lowest BCUT2D eigenvalue weighted by Gasteiger charge is -2.11. The van der Waals surface area contributed by atoms with Gasteiger partial charge in [-0.05, 0) is 48.4 Å². The molecule has 0 amide bonds. The third kappa shape index (κ3) is 4.97. The van der Waals surface area contributed by atoms with Crippen LogP contribution in [0.25, 0.3) is 0 Å². The lowest BCUT2D eigenvalue weighted by molar-refractivity contribution is -0.274. The SMILES string of the molecule is Cc1cc(Br)ccc1OCc1ccc(OC(F)(F)F)cc1. The zero-order valence-corrected chi connectivity index (χ0v) is 12.7. The molecule has 0 unspecified atom stereocenters. The fraction of sp³-hybridized carbons (Fsp3) is 0.200. The molecule has 0 saturated carbocycles. The average Bonchev–Trinajstić information content (AvgIpc) is 2.38. The molecule has 0 fully saturated rings. The first-order valence-corrected chi connectivity index (χ1v) is 6.86. The maximum atomic E-state index is 12.0. The molecular formula is C15H12BrF3O2. The van der Waals surface area contributed by atoms with Gasteiger partial charge in [-0.2, -0.15) is 0 Å². The summed E-state index contributed by atoms with van der Waals surface area (Å²) in [6.07, 6.45) is -4.67. The minimum Gasteiger partial charge on any atom is -0.489 e. The van der Waals surface area contributed by atoms with Crippen LogP contribution in [0.5, 0.6) is 11.5 Å². The van der Waals surface area contributed by atoms with Crippen molar-refractivity contribution in [3.63, 3.8) is 0 Å². The quantitative estimate of drug-likeness (QED) is 0.742. The molecule has 2 rings (SSSR count). The molecule has 21 heavy (non-hydrogen) atoms. The largest absolute Gasteiger partial charge is 0.573 e. The smallest absolute Gasteiger partial charge is 0.489 e. The Morgan fingerprint density at radius 2 is 1.71 bits per heavy atom. The minimum atomic E-state index is -4.67. The van der Waals surface area contributed by atoms with Crippen LogP contribution in [0.4, 0.5) is 13.2 Å². The monoisotopic (exact) mass is 360 g/mol. The first-order valence-electron chi connectivity index (χ1n) is 6.07. The molecule has 2 nitrogen and oxygen atoms in total. The number of rotatable bonds is 4. The Balaban J connectivity index is 1.97. The molecular weight excluding hydrogens is 349 g/mol. The maximum Gasteiger partial charge on any atom is 0.573 e. The fourth-order valence-electron chi connectivity index (χ4n) is 1.72. The van der Waals surface area contributed by atoms with Crippen LogP contribution in [-0.4, -0.2) is 6.36 Å². The van der Waals surface area contributed by atoms with Crippen LogP contribution in [0, 0.1) is 6.92 Å². The predicted molar refractivity (Wildman–Crippen MR) is 76.3 cm³/mol. The van der Waals surface area contributed by atoms with Crippen LogP contribution in [0.1, 0.15) is 11.1 Å². The topological polar surface area (TPSA) is 18.5 Å². The van der Waals surface area contributed by atoms with Gasteiger partial charge in [-0.3, -0.25) is 0 Å². The van der Waals surface area contributed by atoms with Crippen molar-refractivity contribution in [2.24, 2.45) is 0 Å². The Labute approximate surface area is 128 Å². The number of aryl methyl sites for hydroxylation is 1. The van der Waals surface area contributed by atoms with Crippen LogP contribution in [-0.2, 0) is 6.61 Å². The number of ether oxygens (including phenoxy) is 2. The van der Waals surface area contributed by atoms with Gasteiger partial charge in [0.05, 0.1) is 0 Å². The average molecular weight is 361 g/mol. The highest BCUT2D eigenvalue weighted by molar-refractivity contribution is 9.10. The molecule has 2 aromatic rings. The standard InChI is InChI=1S/C15H12BrF3O2/c1-10-8-12(16)4-7-14(10)20-9-11-2-5-13(6-3-11)21-15(17,18)19/h2-8H,9H2,1H3. The predicted octanol–water partition coefficient (Wildman–Crippen LogP) is 5.24. The molecule has 0 spiro atoms. The summed E-state index contributed by atoms with van der Waals surface area (Å²) >= 11 is 3.36. The molecule has 0 aromatic heterocycles. The lowest BCUT2D eigenvalue weighted by atomic mass is 10.2. The molecule has 0 radical (unpaired) electrons. The molecule has 0 aliphatic rings. The third-order valence-electron chi connectivity index (χ3n) is 2.69. The molecule has 0 heterocycles. The Kier molecular flexibility index (Phi) is 4.77. The fourth-order valence-corrected chi connectivity index (χ4v) is 2.20. The highest BCUT2D eigenvalue weighted by atomic mass is 79.9. The molecule has 0 saturated heterocycles. The maximum absolute atomic E-state index is 12.0. The highest BCUT2D eigenvalue weighted by Gasteiger charge is 2.30. The summed E-state index contributed by atoms with van der Waals surface area (Å²) in [5, 5.41) is 0. The van der Waals surface area contributed by atoms with Crippen LogP contribution in [0.2, 0.25) is 0 Å². The Morgan fingerprint density at radius 1 is 1.05 bits per heavy atom. The lowest BCUT2D eigenvalue weighted by Crippen LogP contribution is -2.17. The van der Waals surface area contributed by atoms with Gasteiger partial charge in [0.25, 0.3) is 0 Å². The second kappa shape index (κ2) is 6.39. The molecule has 2 aromatic carbocycles. The van der Waals surface area contributed by atoms with Crippen LogP contribution < -0.4 is 9.47 Å². The van der Waals surface area contributed by atoms with E-state index in [-0.39, 0.29) is 12.4 Å². The van der Waals surface area contributed by atoms with Crippen molar-refractivity contribution in [1.29, 1.82) is 0 Å². The van der Waals surface area contributed by atoms with Crippen molar-refractivity contribution >= 4 is 15.9 Å². The Bertz CT molecular complexity index is 609. The van der Waals surface area contributed by atoms with Crippen molar-refractivity contribution in [3.8, 4) is 11.5 Å². The summed E-state index contributed by atoms with van der Waals surface area (Å²) in [4.78, 5) is 0. The first-order chi connectivity index (χ1) is 9.83. The summed E-state index contributed by atoms with van der Waals surface area (Å²) in [5.74, 6) is 0.486. The second-order valence-electron chi connectivity index (χ2n) is 4.39. The Morgan fingerprint density at radius 3 is 2.29 bits per heavy atom. The van der Waals surface area contributed by atoms with E-state index in [1.165, 1.54) is 24.3 Å². The van der Waals surface area contributed by atoms with E-state index in [1.807, 2.05) is 25.1 Å². The van der Waals surface area contributed by atoms with Gasteiger partial charge in [0.1, 0.15) is 18.1 Å². The number of hydrogen-bond acceptors (Lipinski definition) is 2. The number of hydrogen-bond donors (Lipinski definition) is 0. The van der Waals surface area contributed by atoms with E-state index in [1.54, 1.807) is 0 Å². The number of halogens is 4. The summed E-state index contributed by atoms with van der Waals surface area (Å²) in [6.45, 7) is 2.19. The highest BCUT2D eigenvalue weighted by Crippen LogP contribution is 2.25. The first kappa shape index (κ1) is 15.7. The molecule has 0 aliphatic heterocycles. The zero-order valence-electron chi connectivity index (χ0n) is 11.1. The molecule has 0 N–H and O–H groups in total. The van der Waals surface area contributed by atoms with E-state index < -0.39 is 6.36 Å². The van der Waals surface area contributed by atoms with E-state index in [2.05, 4.69) is 20.7 Å². The van der Waals surface area contributed by atoms with Crippen molar-refractivity contribution in [2.45, 2.75) is 19.9 Å². The minimum absolute atomic E-state index is 0.244. The van der Waals surface area contributed by atoms with Crippen molar-refractivity contribution < 1.29 is 22.6 Å². The van der Waals surface area contributed by atoms with E-state index in [0.717, 1.165) is 21.3 Å². The Hall–Kier alpha value is -1.69. The van der Waals surface area contributed by atoms with Gasteiger partial charge in [-0.1, -0.05) is 28.1 Å². The van der Waals surface area contributed by atoms with Gasteiger partial charge >= 0.3 is 6.36 Å². The van der Waals surface area contributed by atoms with Gasteiger partial charge in [-0.25, -0.2) is 0 Å². The zero-order chi connectivity index (χ0) is 15.5. The summed E-state index contributed by atoms with van der Waals surface area (Å²) in [5.41, 5.74) is 1.73. The third-order valence-corrected chi connectivity index (χ3v) is 3.18. The molecule has 0 atom stereocenters. The van der Waals surface area contributed by atoms with E-state index in [0.29, 0.717) is 0 Å². The number of alkyl halides is 3. The summed E-state index contributed by atoms with van der Waals surface area (Å²) in [6, 6.07) is 11.2. The van der Waals surface area contributed by atoms with Crippen LogP contribution >= 0.6 is 15.9 Å². The van der Waals surface area contributed by atoms with Gasteiger partial charge in [0.15, 0.2) is 0 Å². The molecule has 6 heteroatoms. The van der Waals surface area contributed by atoms with Crippen molar-refractivity contribution in [1.82, 2.24) is 0 Å². The van der Waals surface area contributed by atoms with Gasteiger partial charge in [-0.15, -0.1) is 13.2 Å². The summed E-state index contributed by atoms with van der Waals surface area (Å²) < 4.78 is 46.5. The number of benzene rings is 2.